The lowest BCUT2D eigenvalue weighted by molar-refractivity contribution is 0.107. The predicted molar refractivity (Wildman–Crippen MR) is 213 cm³/mol. The molecule has 4 aromatic rings. The zero-order valence-electron chi connectivity index (χ0n) is 32.5. The van der Waals surface area contributed by atoms with Crippen molar-refractivity contribution in [3.63, 3.8) is 0 Å². The van der Waals surface area contributed by atoms with E-state index in [9.17, 15) is 14.3 Å². The number of aromatic nitrogens is 3. The van der Waals surface area contributed by atoms with Gasteiger partial charge in [0.1, 0.15) is 37.9 Å². The number of carbonyl (C=O) groups is 1. The third kappa shape index (κ3) is 6.57. The molecule has 12 heteroatoms. The van der Waals surface area contributed by atoms with Crippen molar-refractivity contribution in [1.82, 2.24) is 24.8 Å². The summed E-state index contributed by atoms with van der Waals surface area (Å²) in [7, 11) is -0.230. The van der Waals surface area contributed by atoms with Gasteiger partial charge in [0.15, 0.2) is 5.82 Å². The van der Waals surface area contributed by atoms with Crippen molar-refractivity contribution in [2.45, 2.75) is 102 Å². The summed E-state index contributed by atoms with van der Waals surface area (Å²) in [6.45, 7) is 15.8. The molecule has 3 aliphatic heterocycles. The lowest BCUT2D eigenvalue weighted by Crippen LogP contribution is -2.43. The molecular formula is C42H52F2N6O3Si. The number of anilines is 1. The average molecular weight is 755 g/mol. The number of halogens is 2. The Morgan fingerprint density at radius 1 is 1.07 bits per heavy atom. The van der Waals surface area contributed by atoms with Crippen LogP contribution in [0.25, 0.3) is 32.9 Å². The summed E-state index contributed by atoms with van der Waals surface area (Å²) in [5.41, 5.74) is 6.44. The predicted octanol–water partition coefficient (Wildman–Crippen LogP) is 8.70. The van der Waals surface area contributed by atoms with Gasteiger partial charge in [0.05, 0.1) is 10.9 Å². The molecule has 1 amide bonds. The maximum Gasteiger partial charge on any atom is 0.407 e. The molecule has 7 rings (SSSR count). The molecule has 3 aliphatic rings. The number of likely N-dealkylation sites (tertiary alicyclic amines) is 1. The highest BCUT2D eigenvalue weighted by molar-refractivity contribution is 6.90. The summed E-state index contributed by atoms with van der Waals surface area (Å²) in [5.74, 6) is 3.41. The number of likely N-dealkylation sites (N-methyl/N-ethyl adjacent to an activating group) is 1. The first-order valence-electron chi connectivity index (χ1n) is 19.4. The zero-order valence-corrected chi connectivity index (χ0v) is 33.5. The van der Waals surface area contributed by atoms with Crippen LogP contribution in [0.15, 0.2) is 42.6 Å². The van der Waals surface area contributed by atoms with Crippen LogP contribution in [-0.2, 0) is 0 Å². The molecule has 9 nitrogen and oxygen atoms in total. The standard InChI is InChI=1S/C42H52F2N6O3Si/c1-26(2)54(27(3)4,28(5)6)20-16-30-12-8-11-29-13-9-14-33(35(29)30)37-36(44)38-34(22-45-37)39(48(7)32-15-19-49(24-32)41(51)52)47-40(46-38)53-25-42-17-10-18-50(42)23-31(43)21-42/h8-9,11-14,22,26-28,31-32H,10,15,17-19,21,23-25H2,1-7H3,(H,51,52)/t31-,32-,42+/m1/s1. The quantitative estimate of drug-likeness (QED) is 0.134. The molecule has 286 valence electrons. The molecule has 2 aromatic carbocycles. The van der Waals surface area contributed by atoms with Gasteiger partial charge in [0.2, 0.25) is 0 Å². The SMILES string of the molecule is CC(C)[Si](C#Cc1cccc2cccc(-c3ncc4c(N(C)[C@@H]5CCN(C(=O)O)C5)nc(OC[C@@]56CCCN5C[C@H](F)C6)nc4c3F)c12)(C(C)C)C(C)C. The van der Waals surface area contributed by atoms with Crippen LogP contribution < -0.4 is 9.64 Å². The number of alkyl halides is 1. The van der Waals surface area contributed by atoms with Crippen molar-refractivity contribution in [2.75, 3.05) is 44.7 Å². The smallest absolute Gasteiger partial charge is 0.407 e. The number of amides is 1. The Balaban J connectivity index is 1.36. The number of nitrogens with zero attached hydrogens (tertiary/aromatic N) is 6. The van der Waals surface area contributed by atoms with Gasteiger partial charge >= 0.3 is 12.1 Å². The molecule has 5 heterocycles. The van der Waals surface area contributed by atoms with Crippen molar-refractivity contribution in [3.8, 4) is 28.7 Å². The van der Waals surface area contributed by atoms with Crippen LogP contribution in [0, 0.1) is 17.3 Å². The number of benzene rings is 2. The first-order chi connectivity index (χ1) is 25.8. The van der Waals surface area contributed by atoms with E-state index in [4.69, 9.17) is 14.7 Å². The van der Waals surface area contributed by atoms with Crippen LogP contribution in [0.3, 0.4) is 0 Å². The van der Waals surface area contributed by atoms with Crippen LogP contribution in [-0.4, -0.2) is 102 Å². The number of ether oxygens (including phenoxy) is 1. The normalized spacial score (nSPS) is 21.7. The van der Waals surface area contributed by atoms with Crippen LogP contribution in [0.2, 0.25) is 16.6 Å². The Kier molecular flexibility index (Phi) is 10.3. The van der Waals surface area contributed by atoms with Gasteiger partial charge in [-0.2, -0.15) is 9.97 Å². The fourth-order valence-electron chi connectivity index (χ4n) is 9.85. The summed E-state index contributed by atoms with van der Waals surface area (Å²) in [6, 6.07) is 11.6. The zero-order chi connectivity index (χ0) is 38.5. The summed E-state index contributed by atoms with van der Waals surface area (Å²) < 4.78 is 38.2. The van der Waals surface area contributed by atoms with Gasteiger partial charge in [0.25, 0.3) is 0 Å². The molecule has 1 N–H and O–H groups in total. The second-order valence-corrected chi connectivity index (χ2v) is 22.1. The van der Waals surface area contributed by atoms with E-state index in [-0.39, 0.29) is 36.4 Å². The number of hydrogen-bond donors (Lipinski definition) is 1. The maximum absolute atomic E-state index is 17.3. The highest BCUT2D eigenvalue weighted by Crippen LogP contribution is 2.43. The van der Waals surface area contributed by atoms with E-state index in [1.54, 1.807) is 6.20 Å². The molecule has 54 heavy (non-hydrogen) atoms. The van der Waals surface area contributed by atoms with E-state index < -0.39 is 31.7 Å². The van der Waals surface area contributed by atoms with Crippen molar-refractivity contribution in [1.29, 1.82) is 0 Å². The molecule has 0 radical (unpaired) electrons. The first kappa shape index (κ1) is 38.0. The molecule has 3 fully saturated rings. The molecule has 0 spiro atoms. The maximum atomic E-state index is 17.3. The first-order valence-corrected chi connectivity index (χ1v) is 21.6. The highest BCUT2D eigenvalue weighted by Gasteiger charge is 2.49. The molecule has 0 bridgehead atoms. The molecule has 0 unspecified atom stereocenters. The number of rotatable bonds is 9. The average Bonchev–Trinajstić information content (AvgIpc) is 3.85. The Labute approximate surface area is 318 Å². The largest absolute Gasteiger partial charge is 0.465 e. The third-order valence-electron chi connectivity index (χ3n) is 12.6. The van der Waals surface area contributed by atoms with E-state index in [0.717, 1.165) is 35.7 Å². The van der Waals surface area contributed by atoms with E-state index in [1.807, 2.05) is 48.3 Å². The summed E-state index contributed by atoms with van der Waals surface area (Å²) in [5, 5.41) is 11.8. The highest BCUT2D eigenvalue weighted by atomic mass is 28.3. The Hall–Kier alpha value is -4.34. The van der Waals surface area contributed by atoms with E-state index in [2.05, 4.69) is 62.9 Å². The second-order valence-electron chi connectivity index (χ2n) is 16.5. The molecular weight excluding hydrogens is 703 g/mol. The van der Waals surface area contributed by atoms with Crippen LogP contribution in [0.1, 0.15) is 72.8 Å². The Morgan fingerprint density at radius 2 is 1.80 bits per heavy atom. The fourth-order valence-corrected chi connectivity index (χ4v) is 15.1. The number of pyridine rings is 1. The van der Waals surface area contributed by atoms with Crippen molar-refractivity contribution in [3.05, 3.63) is 54.0 Å². The molecule has 3 saturated heterocycles. The van der Waals surface area contributed by atoms with Gasteiger partial charge < -0.3 is 19.6 Å². The van der Waals surface area contributed by atoms with E-state index in [0.29, 0.717) is 59.3 Å². The molecule has 2 aromatic heterocycles. The molecule has 0 saturated carbocycles. The lowest BCUT2D eigenvalue weighted by atomic mass is 9.95. The van der Waals surface area contributed by atoms with Crippen LogP contribution in [0.5, 0.6) is 6.01 Å². The summed E-state index contributed by atoms with van der Waals surface area (Å²) in [4.78, 5) is 31.4. The van der Waals surface area contributed by atoms with Gasteiger partial charge in [0, 0.05) is 61.9 Å². The van der Waals surface area contributed by atoms with Gasteiger partial charge in [-0.3, -0.25) is 9.88 Å². The van der Waals surface area contributed by atoms with Gasteiger partial charge in [-0.15, -0.1) is 5.54 Å². The minimum Gasteiger partial charge on any atom is -0.465 e. The van der Waals surface area contributed by atoms with Crippen LogP contribution >= 0.6 is 0 Å². The van der Waals surface area contributed by atoms with E-state index in [1.165, 1.54) is 4.90 Å². The van der Waals surface area contributed by atoms with Gasteiger partial charge in [-0.1, -0.05) is 77.8 Å². The van der Waals surface area contributed by atoms with Gasteiger partial charge in [-0.05, 0) is 53.9 Å². The van der Waals surface area contributed by atoms with Crippen molar-refractivity contribution in [2.24, 2.45) is 0 Å². The Bertz CT molecular complexity index is 2110. The lowest BCUT2D eigenvalue weighted by Gasteiger charge is -2.38. The molecule has 0 aliphatic carbocycles. The number of carboxylic acid groups (broad SMARTS) is 1. The van der Waals surface area contributed by atoms with Crippen molar-refractivity contribution < 1.29 is 23.4 Å². The number of hydrogen-bond acceptors (Lipinski definition) is 7. The topological polar surface area (TPSA) is 94.9 Å². The Morgan fingerprint density at radius 3 is 2.48 bits per heavy atom. The monoisotopic (exact) mass is 754 g/mol. The summed E-state index contributed by atoms with van der Waals surface area (Å²) >= 11 is 0. The third-order valence-corrected chi connectivity index (χ3v) is 18.9. The second kappa shape index (κ2) is 14.7. The summed E-state index contributed by atoms with van der Waals surface area (Å²) in [6.07, 6.45) is 2.44. The minimum atomic E-state index is -2.06. The van der Waals surface area contributed by atoms with Crippen LogP contribution in [0.4, 0.5) is 19.4 Å². The number of fused-ring (bicyclic) bond motifs is 3. The van der Waals surface area contributed by atoms with Crippen molar-refractivity contribution >= 4 is 41.7 Å². The van der Waals surface area contributed by atoms with E-state index >= 15 is 4.39 Å². The van der Waals surface area contributed by atoms with Gasteiger partial charge in [-0.25, -0.2) is 13.6 Å². The minimum absolute atomic E-state index is 0.00106. The fraction of sp³-hybridized carbons (Fsp3) is 0.524. The molecule has 3 atom stereocenters.